The molecular weight excluding hydrogens is 351 g/mol. The van der Waals surface area contributed by atoms with Gasteiger partial charge in [-0.25, -0.2) is 4.79 Å². The molecule has 1 aromatic rings. The van der Waals surface area contributed by atoms with E-state index < -0.39 is 12.7 Å². The summed E-state index contributed by atoms with van der Waals surface area (Å²) >= 11 is 0. The lowest BCUT2D eigenvalue weighted by atomic mass is 9.70. The van der Waals surface area contributed by atoms with Crippen LogP contribution in [0.3, 0.4) is 0 Å². The smallest absolute Gasteiger partial charge is 0.430 e. The number of rotatable bonds is 5. The number of carboxylic acids is 1. The molecule has 1 atom stereocenters. The molecule has 0 aliphatic carbocycles. The first-order chi connectivity index (χ1) is 12.7. The first-order valence-corrected chi connectivity index (χ1v) is 9.53. The van der Waals surface area contributed by atoms with Crippen LogP contribution >= 0.6 is 0 Å². The summed E-state index contributed by atoms with van der Waals surface area (Å²) in [6.07, 6.45) is 1.48. The Morgan fingerprint density at radius 3 is 2.89 bits per heavy atom. The van der Waals surface area contributed by atoms with Crippen LogP contribution in [0.2, 0.25) is 6.32 Å². The quantitative estimate of drug-likeness (QED) is 0.543. The van der Waals surface area contributed by atoms with Crippen molar-refractivity contribution in [2.24, 2.45) is 5.41 Å². The van der Waals surface area contributed by atoms with Crippen molar-refractivity contribution in [3.63, 3.8) is 0 Å². The number of nitrogens with one attached hydrogen (secondary N) is 1. The number of aromatic carboxylic acids is 1. The zero-order chi connectivity index (χ0) is 19.2. The Hall–Kier alpha value is -1.81. The zero-order valence-electron chi connectivity index (χ0n) is 15.5. The van der Waals surface area contributed by atoms with E-state index in [0.717, 1.165) is 39.1 Å². The van der Waals surface area contributed by atoms with E-state index >= 15 is 0 Å². The molecule has 0 amide bonds. The topological polar surface area (TPSA) is 111 Å². The van der Waals surface area contributed by atoms with Gasteiger partial charge in [-0.2, -0.15) is 0 Å². The number of aryl methyl sites for hydroxylation is 1. The van der Waals surface area contributed by atoms with Gasteiger partial charge in [-0.15, -0.1) is 0 Å². The first kappa shape index (κ1) is 18.6. The summed E-state index contributed by atoms with van der Waals surface area (Å²) in [6, 6.07) is 3.38. The summed E-state index contributed by atoms with van der Waals surface area (Å²) in [5, 5.41) is 32.6. The van der Waals surface area contributed by atoms with Crippen LogP contribution in [-0.2, 0) is 6.42 Å². The molecule has 0 saturated carbocycles. The van der Waals surface area contributed by atoms with Crippen LogP contribution in [0.1, 0.15) is 29.3 Å². The Morgan fingerprint density at radius 2 is 2.22 bits per heavy atom. The fraction of sp³-hybridized carbons (Fsp3) is 0.611. The molecule has 3 heterocycles. The van der Waals surface area contributed by atoms with Gasteiger partial charge >= 0.3 is 12.7 Å². The number of hydrogen-bond donors (Lipinski definition) is 4. The number of carboxylic acid groups (broad SMARTS) is 1. The van der Waals surface area contributed by atoms with Gasteiger partial charge in [-0.05, 0) is 36.4 Å². The average Bonchev–Trinajstić information content (AvgIpc) is 2.97. The number of nitrogens with zero attached hydrogens (tertiary/aromatic N) is 1. The SMILES string of the molecule is CC1(CN2CC(Oc3ccc4c(c3C(=O)O)O[B-](O)(O)CC4)C2)CCNC1. The Morgan fingerprint density at radius 1 is 1.44 bits per heavy atom. The van der Waals surface area contributed by atoms with Crippen molar-refractivity contribution < 1.29 is 29.3 Å². The number of benzene rings is 1. The molecule has 0 spiro atoms. The van der Waals surface area contributed by atoms with E-state index in [2.05, 4.69) is 17.1 Å². The van der Waals surface area contributed by atoms with Crippen LogP contribution < -0.4 is 14.7 Å². The second-order valence-corrected chi connectivity index (χ2v) is 8.42. The highest BCUT2D eigenvalue weighted by Gasteiger charge is 2.38. The maximum Gasteiger partial charge on any atom is 0.430 e. The minimum atomic E-state index is -3.03. The van der Waals surface area contributed by atoms with Crippen molar-refractivity contribution in [1.82, 2.24) is 10.2 Å². The lowest BCUT2D eigenvalue weighted by Gasteiger charge is -2.43. The molecule has 27 heavy (non-hydrogen) atoms. The monoisotopic (exact) mass is 377 g/mol. The highest BCUT2D eigenvalue weighted by Crippen LogP contribution is 2.39. The third-order valence-electron chi connectivity index (χ3n) is 5.79. The molecule has 148 valence electrons. The molecular formula is C18H26BN2O6-. The van der Waals surface area contributed by atoms with Crippen molar-refractivity contribution in [3.05, 3.63) is 23.3 Å². The largest absolute Gasteiger partial charge is 0.669 e. The number of ether oxygens (including phenoxy) is 1. The lowest BCUT2D eigenvalue weighted by molar-refractivity contribution is -0.00235. The second kappa shape index (κ2) is 6.66. The van der Waals surface area contributed by atoms with E-state index in [0.29, 0.717) is 12.0 Å². The second-order valence-electron chi connectivity index (χ2n) is 8.42. The van der Waals surface area contributed by atoms with Crippen molar-refractivity contribution in [1.29, 1.82) is 0 Å². The van der Waals surface area contributed by atoms with E-state index in [1.807, 2.05) is 0 Å². The third kappa shape index (κ3) is 3.77. The van der Waals surface area contributed by atoms with E-state index in [1.165, 1.54) is 0 Å². The molecule has 4 N–H and O–H groups in total. The fourth-order valence-electron chi connectivity index (χ4n) is 4.28. The average molecular weight is 377 g/mol. The molecule has 2 saturated heterocycles. The molecule has 0 aromatic heterocycles. The third-order valence-corrected chi connectivity index (χ3v) is 5.79. The number of fused-ring (bicyclic) bond motifs is 1. The Bertz CT molecular complexity index is 744. The Labute approximate surface area is 158 Å². The molecule has 8 nitrogen and oxygen atoms in total. The molecule has 0 radical (unpaired) electrons. The van der Waals surface area contributed by atoms with Gasteiger partial charge in [0.05, 0.1) is 5.75 Å². The van der Waals surface area contributed by atoms with Crippen LogP contribution in [0.25, 0.3) is 0 Å². The normalized spacial score (nSPS) is 27.5. The van der Waals surface area contributed by atoms with Crippen LogP contribution in [0.4, 0.5) is 0 Å². The summed E-state index contributed by atoms with van der Waals surface area (Å²) in [4.78, 5) is 14.1. The molecule has 1 aromatic carbocycles. The summed E-state index contributed by atoms with van der Waals surface area (Å²) in [5.74, 6) is -0.971. The highest BCUT2D eigenvalue weighted by atomic mass is 16.6. The highest BCUT2D eigenvalue weighted by molar-refractivity contribution is 6.59. The fourth-order valence-corrected chi connectivity index (χ4v) is 4.28. The summed E-state index contributed by atoms with van der Waals surface area (Å²) in [7, 11) is 0. The van der Waals surface area contributed by atoms with Crippen molar-refractivity contribution in [3.8, 4) is 11.5 Å². The molecule has 2 fully saturated rings. The van der Waals surface area contributed by atoms with Gasteiger partial charge in [0.25, 0.3) is 0 Å². The van der Waals surface area contributed by atoms with Gasteiger partial charge in [0.1, 0.15) is 17.4 Å². The van der Waals surface area contributed by atoms with Gasteiger partial charge in [0.2, 0.25) is 0 Å². The zero-order valence-corrected chi connectivity index (χ0v) is 15.5. The van der Waals surface area contributed by atoms with Crippen molar-refractivity contribution in [2.45, 2.75) is 32.2 Å². The first-order valence-electron chi connectivity index (χ1n) is 9.53. The van der Waals surface area contributed by atoms with Gasteiger partial charge < -0.3 is 29.9 Å². The Kier molecular flexibility index (Phi) is 4.58. The predicted molar refractivity (Wildman–Crippen MR) is 99.2 cm³/mol. The molecule has 9 heteroatoms. The summed E-state index contributed by atoms with van der Waals surface area (Å²) in [6.45, 7) is 3.83. The predicted octanol–water partition coefficient (Wildman–Crippen LogP) is 0.306. The number of carbonyl (C=O) groups is 1. The molecule has 4 rings (SSSR count). The Balaban J connectivity index is 1.45. The van der Waals surface area contributed by atoms with Gasteiger partial charge in [-0.1, -0.05) is 19.3 Å². The standard InChI is InChI=1S/C18H26BN2O6/c1-18(5-7-20-10-18)11-21-8-13(9-21)26-14-3-2-12-4-6-19(24,25)27-16(12)15(14)17(22)23/h2-3,13,20,24-25H,4-11H2,1H3,(H,22,23)/q-1. The summed E-state index contributed by atoms with van der Waals surface area (Å²) in [5.41, 5.74) is 0.800. The molecule has 3 aliphatic rings. The van der Waals surface area contributed by atoms with Crippen LogP contribution in [-0.4, -0.2) is 71.6 Å². The molecule has 0 bridgehead atoms. The minimum Gasteiger partial charge on any atom is -0.669 e. The van der Waals surface area contributed by atoms with E-state index in [-0.39, 0.29) is 34.9 Å². The maximum absolute atomic E-state index is 11.8. The van der Waals surface area contributed by atoms with Crippen molar-refractivity contribution in [2.75, 3.05) is 32.7 Å². The number of likely N-dealkylation sites (tertiary alicyclic amines) is 1. The van der Waals surface area contributed by atoms with Gasteiger partial charge in [-0.3, -0.25) is 4.90 Å². The number of hydrogen-bond acceptors (Lipinski definition) is 7. The minimum absolute atomic E-state index is 0.0111. The van der Waals surface area contributed by atoms with Gasteiger partial charge in [0, 0.05) is 26.2 Å². The molecule has 1 unspecified atom stereocenters. The van der Waals surface area contributed by atoms with Crippen molar-refractivity contribution >= 4 is 12.7 Å². The van der Waals surface area contributed by atoms with E-state index in [4.69, 9.17) is 9.39 Å². The van der Waals surface area contributed by atoms with Crippen LogP contribution in [0.15, 0.2) is 12.1 Å². The maximum atomic E-state index is 11.8. The lowest BCUT2D eigenvalue weighted by Crippen LogP contribution is -2.56. The summed E-state index contributed by atoms with van der Waals surface area (Å²) < 4.78 is 11.1. The van der Waals surface area contributed by atoms with Gasteiger partial charge in [0.15, 0.2) is 0 Å². The molecule has 3 aliphatic heterocycles. The van der Waals surface area contributed by atoms with Crippen LogP contribution in [0, 0.1) is 5.41 Å². The van der Waals surface area contributed by atoms with E-state index in [9.17, 15) is 19.9 Å². The van der Waals surface area contributed by atoms with Crippen LogP contribution in [0.5, 0.6) is 11.5 Å². The van der Waals surface area contributed by atoms with E-state index in [1.54, 1.807) is 12.1 Å².